The normalized spacial score (nSPS) is 9.43. The van der Waals surface area contributed by atoms with Crippen LogP contribution in [0.15, 0.2) is 36.5 Å². The highest BCUT2D eigenvalue weighted by atomic mass is 16.4. The Morgan fingerprint density at radius 2 is 1.86 bits per heavy atom. The molecule has 0 atom stereocenters. The fourth-order valence-corrected chi connectivity index (χ4v) is 1.20. The van der Waals surface area contributed by atoms with E-state index in [9.17, 15) is 4.79 Å². The topological polar surface area (TPSA) is 81.7 Å². The van der Waals surface area contributed by atoms with Gasteiger partial charge < -0.3 is 10.6 Å². The fourth-order valence-electron chi connectivity index (χ4n) is 1.20. The average molecular weight is 191 g/mol. The van der Waals surface area contributed by atoms with Crippen LogP contribution in [0.4, 0.5) is 0 Å². The number of carbonyl (C=O) groups is 1. The summed E-state index contributed by atoms with van der Waals surface area (Å²) in [6.07, 6.45) is 1.57. The van der Waals surface area contributed by atoms with Gasteiger partial charge in [-0.15, -0.1) is 0 Å². The van der Waals surface area contributed by atoms with Gasteiger partial charge in [-0.2, -0.15) is 0 Å². The van der Waals surface area contributed by atoms with Crippen molar-refractivity contribution in [1.29, 1.82) is 0 Å². The molecule has 0 aliphatic rings. The molecule has 1 aromatic carbocycles. The molecule has 14 heavy (non-hydrogen) atoms. The number of benzene rings is 1. The summed E-state index contributed by atoms with van der Waals surface area (Å²) in [6, 6.07) is 9.09. The smallest absolute Gasteiger partial charge is 0.354 e. The van der Waals surface area contributed by atoms with Crippen LogP contribution < -0.4 is 0 Å². The number of rotatable bonds is 1. The average Bonchev–Trinajstić information content (AvgIpc) is 2.17. The summed E-state index contributed by atoms with van der Waals surface area (Å²) in [7, 11) is 0. The first kappa shape index (κ1) is 10.1. The zero-order valence-corrected chi connectivity index (χ0v) is 7.27. The summed E-state index contributed by atoms with van der Waals surface area (Å²) in [5.41, 5.74) is 0.0821. The molecule has 2 rings (SSSR count). The number of nitrogens with zero attached hydrogens (tertiary/aromatic N) is 1. The van der Waals surface area contributed by atoms with Crippen molar-refractivity contribution in [2.75, 3.05) is 0 Å². The standard InChI is InChI=1S/C10H7NO2.H2O/c12-10(13)9-5-7-3-1-2-4-8(7)6-11-9;/h1-6H,(H,12,13);1H2. The van der Waals surface area contributed by atoms with Gasteiger partial charge >= 0.3 is 5.97 Å². The molecule has 0 spiro atoms. The van der Waals surface area contributed by atoms with E-state index in [1.807, 2.05) is 24.3 Å². The van der Waals surface area contributed by atoms with Gasteiger partial charge in [-0.05, 0) is 11.5 Å². The molecule has 0 saturated heterocycles. The maximum absolute atomic E-state index is 10.6. The number of hydrogen-bond donors (Lipinski definition) is 1. The lowest BCUT2D eigenvalue weighted by Crippen LogP contribution is -1.98. The lowest BCUT2D eigenvalue weighted by atomic mass is 10.1. The van der Waals surface area contributed by atoms with Crippen molar-refractivity contribution in [3.05, 3.63) is 42.2 Å². The van der Waals surface area contributed by atoms with Crippen molar-refractivity contribution < 1.29 is 15.4 Å². The summed E-state index contributed by atoms with van der Waals surface area (Å²) in [5.74, 6) is -0.995. The van der Waals surface area contributed by atoms with E-state index in [-0.39, 0.29) is 11.2 Å². The number of aromatic carboxylic acids is 1. The van der Waals surface area contributed by atoms with Gasteiger partial charge in [-0.25, -0.2) is 9.78 Å². The molecule has 0 saturated carbocycles. The first-order chi connectivity index (χ1) is 6.27. The van der Waals surface area contributed by atoms with Crippen LogP contribution >= 0.6 is 0 Å². The molecule has 0 aliphatic carbocycles. The minimum absolute atomic E-state index is 0. The molecule has 4 heteroatoms. The van der Waals surface area contributed by atoms with Crippen LogP contribution in [0.25, 0.3) is 10.8 Å². The maximum Gasteiger partial charge on any atom is 0.354 e. The predicted octanol–water partition coefficient (Wildman–Crippen LogP) is 1.11. The van der Waals surface area contributed by atoms with Crippen molar-refractivity contribution in [1.82, 2.24) is 4.98 Å². The Morgan fingerprint density at radius 1 is 1.21 bits per heavy atom. The Morgan fingerprint density at radius 3 is 2.50 bits per heavy atom. The van der Waals surface area contributed by atoms with Crippen molar-refractivity contribution in [3.63, 3.8) is 0 Å². The molecule has 1 heterocycles. The van der Waals surface area contributed by atoms with Gasteiger partial charge in [0.15, 0.2) is 0 Å². The van der Waals surface area contributed by atoms with Gasteiger partial charge in [-0.1, -0.05) is 24.3 Å². The van der Waals surface area contributed by atoms with Crippen molar-refractivity contribution >= 4 is 16.7 Å². The highest BCUT2D eigenvalue weighted by Gasteiger charge is 2.03. The molecule has 4 nitrogen and oxygen atoms in total. The molecule has 0 fully saturated rings. The van der Waals surface area contributed by atoms with E-state index in [0.29, 0.717) is 0 Å². The number of hydrogen-bond acceptors (Lipinski definition) is 2. The summed E-state index contributed by atoms with van der Waals surface area (Å²) in [5, 5.41) is 10.5. The molecular formula is C10H9NO3. The third-order valence-electron chi connectivity index (χ3n) is 1.85. The van der Waals surface area contributed by atoms with Gasteiger partial charge in [0.1, 0.15) is 5.69 Å². The monoisotopic (exact) mass is 191 g/mol. The highest BCUT2D eigenvalue weighted by Crippen LogP contribution is 2.12. The van der Waals surface area contributed by atoms with E-state index in [4.69, 9.17) is 5.11 Å². The quantitative estimate of drug-likeness (QED) is 0.732. The third kappa shape index (κ3) is 1.70. The number of carboxylic acids is 1. The van der Waals surface area contributed by atoms with E-state index >= 15 is 0 Å². The van der Waals surface area contributed by atoms with Crippen LogP contribution in [0.3, 0.4) is 0 Å². The van der Waals surface area contributed by atoms with E-state index in [2.05, 4.69) is 4.98 Å². The summed E-state index contributed by atoms with van der Waals surface area (Å²) in [6.45, 7) is 0. The lowest BCUT2D eigenvalue weighted by molar-refractivity contribution is 0.0690. The summed E-state index contributed by atoms with van der Waals surface area (Å²) in [4.78, 5) is 14.4. The fraction of sp³-hybridized carbons (Fsp3) is 0. The van der Waals surface area contributed by atoms with Crippen LogP contribution in [0.5, 0.6) is 0 Å². The first-order valence-electron chi connectivity index (χ1n) is 3.85. The second-order valence-electron chi connectivity index (χ2n) is 2.72. The van der Waals surface area contributed by atoms with E-state index in [1.165, 1.54) is 0 Å². The van der Waals surface area contributed by atoms with Crippen LogP contribution in [-0.4, -0.2) is 21.5 Å². The molecular weight excluding hydrogens is 182 g/mol. The van der Waals surface area contributed by atoms with Crippen LogP contribution in [0.1, 0.15) is 10.5 Å². The van der Waals surface area contributed by atoms with Gasteiger partial charge in [0, 0.05) is 11.6 Å². The predicted molar refractivity (Wildman–Crippen MR) is 52.3 cm³/mol. The molecule has 0 bridgehead atoms. The second kappa shape index (κ2) is 3.85. The minimum atomic E-state index is -0.995. The SMILES string of the molecule is O.O=C(O)c1cc2ccccc2cn1. The molecule has 3 N–H and O–H groups in total. The number of pyridine rings is 1. The van der Waals surface area contributed by atoms with E-state index in [1.54, 1.807) is 12.3 Å². The molecule has 0 aliphatic heterocycles. The zero-order chi connectivity index (χ0) is 9.26. The van der Waals surface area contributed by atoms with Gasteiger partial charge in [0.2, 0.25) is 0 Å². The van der Waals surface area contributed by atoms with Crippen molar-refractivity contribution in [3.8, 4) is 0 Å². The Bertz CT molecular complexity index is 468. The van der Waals surface area contributed by atoms with Crippen LogP contribution in [0.2, 0.25) is 0 Å². The molecule has 0 radical (unpaired) electrons. The Hall–Kier alpha value is -1.94. The Balaban J connectivity index is 0.000000980. The third-order valence-corrected chi connectivity index (χ3v) is 1.85. The lowest BCUT2D eigenvalue weighted by Gasteiger charge is -1.97. The number of fused-ring (bicyclic) bond motifs is 1. The molecule has 72 valence electrons. The van der Waals surface area contributed by atoms with Gasteiger partial charge in [0.25, 0.3) is 0 Å². The van der Waals surface area contributed by atoms with Crippen molar-refractivity contribution in [2.45, 2.75) is 0 Å². The van der Waals surface area contributed by atoms with Crippen molar-refractivity contribution in [2.24, 2.45) is 0 Å². The van der Waals surface area contributed by atoms with E-state index in [0.717, 1.165) is 10.8 Å². The second-order valence-corrected chi connectivity index (χ2v) is 2.72. The molecule has 1 aromatic heterocycles. The largest absolute Gasteiger partial charge is 0.477 e. The molecule has 0 unspecified atom stereocenters. The minimum Gasteiger partial charge on any atom is -0.477 e. The van der Waals surface area contributed by atoms with Gasteiger partial charge in [-0.3, -0.25) is 0 Å². The number of carboxylic acid groups (broad SMARTS) is 1. The Labute approximate surface area is 80.1 Å². The van der Waals surface area contributed by atoms with E-state index < -0.39 is 5.97 Å². The molecule has 2 aromatic rings. The van der Waals surface area contributed by atoms with Gasteiger partial charge in [0.05, 0.1) is 0 Å². The first-order valence-corrected chi connectivity index (χ1v) is 3.85. The summed E-state index contributed by atoms with van der Waals surface area (Å²) < 4.78 is 0. The van der Waals surface area contributed by atoms with Crippen LogP contribution in [0, 0.1) is 0 Å². The molecule has 0 amide bonds. The maximum atomic E-state index is 10.6. The number of aromatic nitrogens is 1. The van der Waals surface area contributed by atoms with Crippen LogP contribution in [-0.2, 0) is 0 Å². The summed E-state index contributed by atoms with van der Waals surface area (Å²) >= 11 is 0. The zero-order valence-electron chi connectivity index (χ0n) is 7.27. The highest BCUT2D eigenvalue weighted by molar-refractivity contribution is 5.91. The Kier molecular flexibility index (Phi) is 2.79.